The molecule has 0 unspecified atom stereocenters. The summed E-state index contributed by atoms with van der Waals surface area (Å²) in [6.07, 6.45) is 0. The Kier molecular flexibility index (Phi) is 4.16. The molecule has 0 aliphatic heterocycles. The summed E-state index contributed by atoms with van der Waals surface area (Å²) in [5.41, 5.74) is 0.770. The summed E-state index contributed by atoms with van der Waals surface area (Å²) in [5, 5.41) is 6.56. The van der Waals surface area contributed by atoms with Crippen molar-refractivity contribution in [3.63, 3.8) is 0 Å². The van der Waals surface area contributed by atoms with Gasteiger partial charge in [0.1, 0.15) is 5.82 Å². The number of hydrogen-bond donors (Lipinski definition) is 2. The molecule has 2 amide bonds. The van der Waals surface area contributed by atoms with E-state index in [0.29, 0.717) is 13.1 Å². The number of amides is 2. The van der Waals surface area contributed by atoms with Gasteiger partial charge < -0.3 is 15.5 Å². The summed E-state index contributed by atoms with van der Waals surface area (Å²) in [4.78, 5) is 17.1. The van der Waals surface area contributed by atoms with Gasteiger partial charge in [0.05, 0.1) is 10.2 Å². The van der Waals surface area contributed by atoms with E-state index in [9.17, 15) is 9.18 Å². The van der Waals surface area contributed by atoms with Crippen LogP contribution in [-0.4, -0.2) is 43.1 Å². The lowest BCUT2D eigenvalue weighted by atomic mass is 10.3. The Labute approximate surface area is 114 Å². The van der Waals surface area contributed by atoms with Gasteiger partial charge in [-0.1, -0.05) is 11.3 Å². The number of carbonyl (C=O) groups excluding carboxylic acids is 1. The second-order valence-electron chi connectivity index (χ2n) is 4.18. The zero-order valence-corrected chi connectivity index (χ0v) is 11.6. The number of aromatic nitrogens is 1. The normalized spacial score (nSPS) is 10.5. The number of rotatable bonds is 4. The second kappa shape index (κ2) is 5.83. The number of thiazole rings is 1. The van der Waals surface area contributed by atoms with Gasteiger partial charge >= 0.3 is 6.03 Å². The van der Waals surface area contributed by atoms with Gasteiger partial charge in [0.2, 0.25) is 0 Å². The summed E-state index contributed by atoms with van der Waals surface area (Å²) < 4.78 is 13.8. The van der Waals surface area contributed by atoms with Crippen molar-refractivity contribution in [2.24, 2.45) is 0 Å². The molecule has 19 heavy (non-hydrogen) atoms. The molecule has 0 spiro atoms. The predicted octanol–water partition coefficient (Wildman–Crippen LogP) is 2.12. The Balaban J connectivity index is 1.86. The maximum Gasteiger partial charge on any atom is 0.316 e. The van der Waals surface area contributed by atoms with Crippen molar-refractivity contribution < 1.29 is 9.18 Å². The van der Waals surface area contributed by atoms with Crippen LogP contribution < -0.4 is 10.6 Å². The number of anilines is 1. The number of nitrogens with one attached hydrogen (secondary N) is 2. The zero-order chi connectivity index (χ0) is 13.8. The fourth-order valence-electron chi connectivity index (χ4n) is 1.47. The lowest BCUT2D eigenvalue weighted by Gasteiger charge is -2.11. The van der Waals surface area contributed by atoms with Gasteiger partial charge in [0, 0.05) is 27.2 Å². The zero-order valence-electron chi connectivity index (χ0n) is 10.7. The standard InChI is InChI=1S/C12H15FN4OS/c1-17(2)12(18)15-6-5-14-11-16-9-4-3-8(13)7-10(9)19-11/h3-4,7H,5-6H2,1-2H3,(H,14,16)(H,15,18). The Bertz CT molecular complexity index is 584. The van der Waals surface area contributed by atoms with Crippen LogP contribution in [0.5, 0.6) is 0 Å². The number of halogens is 1. The molecule has 2 aromatic rings. The topological polar surface area (TPSA) is 57.3 Å². The molecule has 7 heteroatoms. The van der Waals surface area contributed by atoms with E-state index >= 15 is 0 Å². The molecule has 0 bridgehead atoms. The van der Waals surface area contributed by atoms with E-state index in [1.807, 2.05) is 0 Å². The quantitative estimate of drug-likeness (QED) is 0.845. The van der Waals surface area contributed by atoms with Crippen LogP contribution in [0.4, 0.5) is 14.3 Å². The monoisotopic (exact) mass is 282 g/mol. The van der Waals surface area contributed by atoms with E-state index in [2.05, 4.69) is 15.6 Å². The number of fused-ring (bicyclic) bond motifs is 1. The third kappa shape index (κ3) is 3.54. The average molecular weight is 282 g/mol. The molecule has 0 saturated heterocycles. The van der Waals surface area contributed by atoms with Crippen molar-refractivity contribution in [3.8, 4) is 0 Å². The van der Waals surface area contributed by atoms with Crippen molar-refractivity contribution >= 4 is 32.7 Å². The highest BCUT2D eigenvalue weighted by Crippen LogP contribution is 2.26. The van der Waals surface area contributed by atoms with E-state index in [1.54, 1.807) is 20.2 Å². The Morgan fingerprint density at radius 3 is 2.95 bits per heavy atom. The van der Waals surface area contributed by atoms with E-state index < -0.39 is 0 Å². The highest BCUT2D eigenvalue weighted by Gasteiger charge is 2.05. The van der Waals surface area contributed by atoms with Gasteiger partial charge in [-0.3, -0.25) is 0 Å². The van der Waals surface area contributed by atoms with Crippen LogP contribution in [0.15, 0.2) is 18.2 Å². The smallest absolute Gasteiger partial charge is 0.316 e. The summed E-state index contributed by atoms with van der Waals surface area (Å²) in [7, 11) is 3.37. The summed E-state index contributed by atoms with van der Waals surface area (Å²) >= 11 is 1.39. The van der Waals surface area contributed by atoms with Crippen LogP contribution in [0.25, 0.3) is 10.2 Å². The molecule has 1 aromatic heterocycles. The van der Waals surface area contributed by atoms with Gasteiger partial charge in [-0.15, -0.1) is 0 Å². The lowest BCUT2D eigenvalue weighted by Crippen LogP contribution is -2.37. The van der Waals surface area contributed by atoms with Crippen LogP contribution >= 0.6 is 11.3 Å². The van der Waals surface area contributed by atoms with Crippen LogP contribution in [-0.2, 0) is 0 Å². The Morgan fingerprint density at radius 1 is 1.42 bits per heavy atom. The Hall–Kier alpha value is -1.89. The third-order valence-electron chi connectivity index (χ3n) is 2.43. The largest absolute Gasteiger partial charge is 0.360 e. The highest BCUT2D eigenvalue weighted by atomic mass is 32.1. The van der Waals surface area contributed by atoms with Crippen molar-refractivity contribution in [1.29, 1.82) is 0 Å². The summed E-state index contributed by atoms with van der Waals surface area (Å²) in [6.45, 7) is 1.07. The molecule has 0 aliphatic carbocycles. The fourth-order valence-corrected chi connectivity index (χ4v) is 2.39. The first kappa shape index (κ1) is 13.5. The minimum absolute atomic E-state index is 0.131. The molecule has 102 valence electrons. The molecule has 0 radical (unpaired) electrons. The first-order valence-electron chi connectivity index (χ1n) is 5.81. The molecule has 0 fully saturated rings. The third-order valence-corrected chi connectivity index (χ3v) is 3.41. The van der Waals surface area contributed by atoms with Crippen molar-refractivity contribution in [3.05, 3.63) is 24.0 Å². The SMILES string of the molecule is CN(C)C(=O)NCCNc1nc2ccc(F)cc2s1. The van der Waals surface area contributed by atoms with Crippen LogP contribution in [0.3, 0.4) is 0 Å². The van der Waals surface area contributed by atoms with Gasteiger partial charge in [0.25, 0.3) is 0 Å². The molecule has 0 saturated carbocycles. The average Bonchev–Trinajstić information content (AvgIpc) is 2.75. The minimum atomic E-state index is -0.263. The van der Waals surface area contributed by atoms with E-state index in [1.165, 1.54) is 28.4 Å². The fraction of sp³-hybridized carbons (Fsp3) is 0.333. The van der Waals surface area contributed by atoms with Crippen molar-refractivity contribution in [2.45, 2.75) is 0 Å². The molecule has 1 aromatic carbocycles. The van der Waals surface area contributed by atoms with E-state index in [4.69, 9.17) is 0 Å². The first-order chi connectivity index (χ1) is 9.06. The Morgan fingerprint density at radius 2 is 2.21 bits per heavy atom. The number of hydrogen-bond acceptors (Lipinski definition) is 4. The molecule has 0 aliphatic rings. The molecule has 0 atom stereocenters. The van der Waals surface area contributed by atoms with Crippen molar-refractivity contribution in [1.82, 2.24) is 15.2 Å². The molecular formula is C12H15FN4OS. The van der Waals surface area contributed by atoms with Gasteiger partial charge in [-0.05, 0) is 18.2 Å². The van der Waals surface area contributed by atoms with E-state index in [0.717, 1.165) is 15.3 Å². The maximum atomic E-state index is 13.0. The first-order valence-corrected chi connectivity index (χ1v) is 6.63. The number of benzene rings is 1. The molecular weight excluding hydrogens is 267 g/mol. The number of urea groups is 1. The molecule has 2 rings (SSSR count). The molecule has 2 N–H and O–H groups in total. The summed E-state index contributed by atoms with van der Waals surface area (Å²) in [5.74, 6) is -0.263. The van der Waals surface area contributed by atoms with Gasteiger partial charge in [-0.25, -0.2) is 14.2 Å². The van der Waals surface area contributed by atoms with Crippen LogP contribution in [0, 0.1) is 5.82 Å². The molecule has 5 nitrogen and oxygen atoms in total. The van der Waals surface area contributed by atoms with Crippen molar-refractivity contribution in [2.75, 3.05) is 32.5 Å². The minimum Gasteiger partial charge on any atom is -0.360 e. The van der Waals surface area contributed by atoms with E-state index in [-0.39, 0.29) is 11.8 Å². The number of carbonyl (C=O) groups is 1. The van der Waals surface area contributed by atoms with Gasteiger partial charge in [-0.2, -0.15) is 0 Å². The predicted molar refractivity (Wildman–Crippen MR) is 75.2 cm³/mol. The summed E-state index contributed by atoms with van der Waals surface area (Å²) in [6, 6.07) is 4.38. The number of nitrogens with zero attached hydrogens (tertiary/aromatic N) is 2. The maximum absolute atomic E-state index is 13.0. The highest BCUT2D eigenvalue weighted by molar-refractivity contribution is 7.22. The molecule has 1 heterocycles. The second-order valence-corrected chi connectivity index (χ2v) is 5.21. The van der Waals surface area contributed by atoms with Crippen LogP contribution in [0.1, 0.15) is 0 Å². The van der Waals surface area contributed by atoms with Gasteiger partial charge in [0.15, 0.2) is 5.13 Å². The lowest BCUT2D eigenvalue weighted by molar-refractivity contribution is 0.218. The van der Waals surface area contributed by atoms with Crippen LogP contribution in [0.2, 0.25) is 0 Å².